The van der Waals surface area contributed by atoms with Gasteiger partial charge in [-0.25, -0.2) is 0 Å². The van der Waals surface area contributed by atoms with Crippen molar-refractivity contribution < 1.29 is 9.53 Å². The smallest absolute Gasteiger partial charge is 0.310 e. The lowest BCUT2D eigenvalue weighted by atomic mass is 9.96. The number of carbonyl (C=O) groups is 1. The first-order valence-corrected chi connectivity index (χ1v) is 10.5. The lowest BCUT2D eigenvalue weighted by Crippen LogP contribution is -2.09. The van der Waals surface area contributed by atoms with E-state index in [9.17, 15) is 4.79 Å². The Kier molecular flexibility index (Phi) is 6.29. The lowest BCUT2D eigenvalue weighted by molar-refractivity contribution is -0.142. The molecule has 0 amide bonds. The fourth-order valence-corrected chi connectivity index (χ4v) is 3.81. The third kappa shape index (κ3) is 4.76. The molecular formula is C27H26N2O2. The molecule has 3 N–H and O–H groups in total. The zero-order valence-corrected chi connectivity index (χ0v) is 17.6. The maximum absolute atomic E-state index is 12.0. The highest BCUT2D eigenvalue weighted by atomic mass is 16.5. The van der Waals surface area contributed by atoms with Crippen molar-refractivity contribution in [3.05, 3.63) is 96.1 Å². The van der Waals surface area contributed by atoms with E-state index in [0.29, 0.717) is 13.2 Å². The monoisotopic (exact) mass is 410 g/mol. The van der Waals surface area contributed by atoms with Gasteiger partial charge in [-0.2, -0.15) is 0 Å². The molecule has 4 aromatic carbocycles. The van der Waals surface area contributed by atoms with Gasteiger partial charge < -0.3 is 15.8 Å². The Morgan fingerprint density at radius 3 is 2.58 bits per heavy atom. The van der Waals surface area contributed by atoms with Crippen LogP contribution in [0.5, 0.6) is 0 Å². The van der Waals surface area contributed by atoms with Gasteiger partial charge >= 0.3 is 5.97 Å². The predicted molar refractivity (Wildman–Crippen MR) is 127 cm³/mol. The zero-order valence-electron chi connectivity index (χ0n) is 17.6. The van der Waals surface area contributed by atoms with E-state index in [-0.39, 0.29) is 12.4 Å². The molecule has 0 aliphatic carbocycles. The first kappa shape index (κ1) is 20.6. The molecule has 4 rings (SSSR count). The summed E-state index contributed by atoms with van der Waals surface area (Å²) < 4.78 is 5.13. The number of hydrogen-bond acceptors (Lipinski definition) is 4. The second kappa shape index (κ2) is 9.45. The number of para-hydroxylation sites is 1. The van der Waals surface area contributed by atoms with Crippen LogP contribution in [0.15, 0.2) is 84.9 Å². The number of ether oxygens (including phenoxy) is 1. The fourth-order valence-electron chi connectivity index (χ4n) is 3.81. The van der Waals surface area contributed by atoms with E-state index < -0.39 is 0 Å². The van der Waals surface area contributed by atoms with Crippen LogP contribution in [-0.4, -0.2) is 12.6 Å². The third-order valence-corrected chi connectivity index (χ3v) is 5.27. The van der Waals surface area contributed by atoms with Gasteiger partial charge in [0.05, 0.1) is 13.0 Å². The molecule has 0 aromatic heterocycles. The average molecular weight is 411 g/mol. The molecule has 0 radical (unpaired) electrons. The molecule has 0 heterocycles. The van der Waals surface area contributed by atoms with E-state index in [1.165, 1.54) is 5.39 Å². The van der Waals surface area contributed by atoms with Crippen LogP contribution in [0.4, 0.5) is 11.4 Å². The molecule has 0 atom stereocenters. The molecule has 0 spiro atoms. The lowest BCUT2D eigenvalue weighted by Gasteiger charge is -2.15. The van der Waals surface area contributed by atoms with Gasteiger partial charge in [0, 0.05) is 17.9 Å². The third-order valence-electron chi connectivity index (χ3n) is 5.27. The minimum absolute atomic E-state index is 0.227. The summed E-state index contributed by atoms with van der Waals surface area (Å²) >= 11 is 0. The molecule has 0 saturated carbocycles. The largest absolute Gasteiger partial charge is 0.466 e. The van der Waals surface area contributed by atoms with Gasteiger partial charge in [0.15, 0.2) is 0 Å². The molecule has 4 nitrogen and oxygen atoms in total. The van der Waals surface area contributed by atoms with Crippen molar-refractivity contribution in [1.82, 2.24) is 0 Å². The van der Waals surface area contributed by atoms with Crippen LogP contribution in [0.1, 0.15) is 18.1 Å². The van der Waals surface area contributed by atoms with Crippen LogP contribution in [-0.2, 0) is 22.5 Å². The molecule has 0 unspecified atom stereocenters. The van der Waals surface area contributed by atoms with E-state index in [1.54, 1.807) is 0 Å². The standard InChI is InChI=1S/C27H26N2O2/c1-2-31-27(30)16-22-10-4-6-13-26(22)29-23-15-21-9-3-5-12-24(21)25(17-23)20-11-7-8-19(14-20)18-28/h3-15,17,29H,2,16,18,28H2,1H3. The van der Waals surface area contributed by atoms with Crippen LogP contribution < -0.4 is 11.1 Å². The van der Waals surface area contributed by atoms with Gasteiger partial charge in [0.1, 0.15) is 0 Å². The Hall–Kier alpha value is -3.63. The number of nitrogens with two attached hydrogens (primary N) is 1. The SMILES string of the molecule is CCOC(=O)Cc1ccccc1Nc1cc(-c2cccc(CN)c2)c2ccccc2c1. The molecule has 31 heavy (non-hydrogen) atoms. The van der Waals surface area contributed by atoms with Crippen LogP contribution in [0.25, 0.3) is 21.9 Å². The van der Waals surface area contributed by atoms with Crippen LogP contribution in [0, 0.1) is 0 Å². The summed E-state index contributed by atoms with van der Waals surface area (Å²) in [4.78, 5) is 12.0. The number of rotatable bonds is 7. The number of hydrogen-bond donors (Lipinski definition) is 2. The quantitative estimate of drug-likeness (QED) is 0.377. The van der Waals surface area contributed by atoms with Crippen LogP contribution in [0.3, 0.4) is 0 Å². The number of carbonyl (C=O) groups excluding carboxylic acids is 1. The number of benzene rings is 4. The van der Waals surface area contributed by atoms with Gasteiger partial charge in [-0.05, 0) is 64.2 Å². The number of nitrogens with one attached hydrogen (secondary N) is 1. The predicted octanol–water partition coefficient (Wildman–Crippen LogP) is 5.81. The highest BCUT2D eigenvalue weighted by Crippen LogP contribution is 2.34. The second-order valence-electron chi connectivity index (χ2n) is 7.41. The zero-order chi connectivity index (χ0) is 21.6. The first-order chi connectivity index (χ1) is 15.2. The summed E-state index contributed by atoms with van der Waals surface area (Å²) in [6.07, 6.45) is 0.232. The number of fused-ring (bicyclic) bond motifs is 1. The first-order valence-electron chi connectivity index (χ1n) is 10.5. The molecule has 0 aliphatic rings. The van der Waals surface area contributed by atoms with Crippen LogP contribution in [0.2, 0.25) is 0 Å². The minimum atomic E-state index is -0.227. The van der Waals surface area contributed by atoms with E-state index in [1.807, 2.05) is 49.4 Å². The van der Waals surface area contributed by atoms with Gasteiger partial charge in [-0.15, -0.1) is 0 Å². The van der Waals surface area contributed by atoms with Crippen molar-refractivity contribution in [2.24, 2.45) is 5.73 Å². The molecule has 4 aromatic rings. The highest BCUT2D eigenvalue weighted by molar-refractivity contribution is 5.99. The summed E-state index contributed by atoms with van der Waals surface area (Å²) in [5.41, 5.74) is 12.0. The van der Waals surface area contributed by atoms with Crippen molar-refractivity contribution in [3.8, 4) is 11.1 Å². The molecule has 0 fully saturated rings. The van der Waals surface area contributed by atoms with Crippen molar-refractivity contribution in [1.29, 1.82) is 0 Å². The maximum atomic E-state index is 12.0. The maximum Gasteiger partial charge on any atom is 0.310 e. The van der Waals surface area contributed by atoms with Gasteiger partial charge in [-0.3, -0.25) is 4.79 Å². The topological polar surface area (TPSA) is 64.3 Å². The molecule has 156 valence electrons. The van der Waals surface area contributed by atoms with E-state index >= 15 is 0 Å². The molecule has 4 heteroatoms. The van der Waals surface area contributed by atoms with Gasteiger partial charge in [0.2, 0.25) is 0 Å². The van der Waals surface area contributed by atoms with E-state index in [0.717, 1.165) is 39.0 Å². The van der Waals surface area contributed by atoms with Crippen molar-refractivity contribution >= 4 is 28.1 Å². The molecule has 0 saturated heterocycles. The summed E-state index contributed by atoms with van der Waals surface area (Å²) in [7, 11) is 0. The van der Waals surface area contributed by atoms with Crippen LogP contribution >= 0.6 is 0 Å². The van der Waals surface area contributed by atoms with E-state index in [4.69, 9.17) is 10.5 Å². The Labute approximate surface area is 182 Å². The molecule has 0 bridgehead atoms. The summed E-state index contributed by atoms with van der Waals surface area (Å²) in [6.45, 7) is 2.70. The van der Waals surface area contributed by atoms with E-state index in [2.05, 4.69) is 47.8 Å². The summed E-state index contributed by atoms with van der Waals surface area (Å²) in [5, 5.41) is 5.84. The van der Waals surface area contributed by atoms with Crippen molar-refractivity contribution in [2.75, 3.05) is 11.9 Å². The molecular weight excluding hydrogens is 384 g/mol. The van der Waals surface area contributed by atoms with Crippen molar-refractivity contribution in [2.45, 2.75) is 19.9 Å². The normalized spacial score (nSPS) is 10.8. The highest BCUT2D eigenvalue weighted by Gasteiger charge is 2.11. The van der Waals surface area contributed by atoms with Gasteiger partial charge in [-0.1, -0.05) is 60.7 Å². The van der Waals surface area contributed by atoms with Crippen molar-refractivity contribution in [3.63, 3.8) is 0 Å². The number of anilines is 2. The Morgan fingerprint density at radius 1 is 0.935 bits per heavy atom. The Bertz CT molecular complexity index is 1220. The summed E-state index contributed by atoms with van der Waals surface area (Å²) in [5.74, 6) is -0.227. The fraction of sp³-hybridized carbons (Fsp3) is 0.148. The Morgan fingerprint density at radius 2 is 1.74 bits per heavy atom. The minimum Gasteiger partial charge on any atom is -0.466 e. The average Bonchev–Trinajstić information content (AvgIpc) is 2.80. The second-order valence-corrected chi connectivity index (χ2v) is 7.41. The van der Waals surface area contributed by atoms with Gasteiger partial charge in [0.25, 0.3) is 0 Å². The number of esters is 1. The molecule has 0 aliphatic heterocycles. The summed E-state index contributed by atoms with van der Waals surface area (Å²) in [6, 6.07) is 28.8. The Balaban J connectivity index is 1.75.